The fourth-order valence-electron chi connectivity index (χ4n) is 0.882. The summed E-state index contributed by atoms with van der Waals surface area (Å²) in [6, 6.07) is 1.50. The molecular formula is C9H12N4O3. The molecule has 0 bridgehead atoms. The number of esters is 1. The van der Waals surface area contributed by atoms with E-state index in [4.69, 9.17) is 10.6 Å². The van der Waals surface area contributed by atoms with Crippen molar-refractivity contribution in [3.63, 3.8) is 0 Å². The second-order valence-corrected chi connectivity index (χ2v) is 2.65. The number of ether oxygens (including phenoxy) is 1. The Morgan fingerprint density at radius 2 is 2.38 bits per heavy atom. The van der Waals surface area contributed by atoms with Crippen LogP contribution in [0, 0.1) is 0 Å². The van der Waals surface area contributed by atoms with E-state index < -0.39 is 5.97 Å². The molecule has 1 aromatic rings. The van der Waals surface area contributed by atoms with Crippen LogP contribution in [0.25, 0.3) is 0 Å². The fourth-order valence-corrected chi connectivity index (χ4v) is 0.882. The van der Waals surface area contributed by atoms with E-state index in [1.54, 1.807) is 6.92 Å². The minimum absolute atomic E-state index is 0.0697. The summed E-state index contributed by atoms with van der Waals surface area (Å²) in [5.41, 5.74) is 5.35. The fraction of sp³-hybridized carbons (Fsp3) is 0.333. The minimum Gasteiger partial charge on any atom is -0.464 e. The van der Waals surface area contributed by atoms with Crippen LogP contribution in [0.4, 0.5) is 5.82 Å². The molecule has 1 aromatic heterocycles. The van der Waals surface area contributed by atoms with Gasteiger partial charge in [0, 0.05) is 6.20 Å². The van der Waals surface area contributed by atoms with Crippen molar-refractivity contribution >= 4 is 17.5 Å². The van der Waals surface area contributed by atoms with Crippen molar-refractivity contribution in [3.05, 3.63) is 18.1 Å². The molecule has 0 saturated heterocycles. The van der Waals surface area contributed by atoms with Crippen LogP contribution in [-0.4, -0.2) is 35.4 Å². The van der Waals surface area contributed by atoms with E-state index in [2.05, 4.69) is 19.9 Å². The van der Waals surface area contributed by atoms with Crippen molar-refractivity contribution in [1.82, 2.24) is 9.97 Å². The monoisotopic (exact) mass is 224 g/mol. The molecule has 2 N–H and O–H groups in total. The summed E-state index contributed by atoms with van der Waals surface area (Å²) in [6.45, 7) is 2.06. The number of aromatic nitrogens is 2. The molecule has 1 rings (SSSR count). The van der Waals surface area contributed by atoms with Gasteiger partial charge in [0.1, 0.15) is 12.4 Å². The predicted molar refractivity (Wildman–Crippen MR) is 56.6 cm³/mol. The number of hydrogen-bond donors (Lipinski definition) is 1. The molecule has 0 aliphatic heterocycles. The third kappa shape index (κ3) is 2.91. The van der Waals surface area contributed by atoms with Gasteiger partial charge in [-0.2, -0.15) is 0 Å². The number of methoxy groups -OCH3 is 1. The summed E-state index contributed by atoms with van der Waals surface area (Å²) in [6.07, 6.45) is 1.42. The van der Waals surface area contributed by atoms with Crippen molar-refractivity contribution in [2.45, 2.75) is 6.92 Å². The number of hydrogen-bond acceptors (Lipinski definition) is 7. The largest absolute Gasteiger partial charge is 0.464 e. The topological polar surface area (TPSA) is 99.7 Å². The molecule has 1 heterocycles. The van der Waals surface area contributed by atoms with Gasteiger partial charge in [-0.3, -0.25) is 0 Å². The Labute approximate surface area is 92.3 Å². The van der Waals surface area contributed by atoms with E-state index in [-0.39, 0.29) is 17.4 Å². The summed E-state index contributed by atoms with van der Waals surface area (Å²) < 4.78 is 4.53. The van der Waals surface area contributed by atoms with E-state index in [9.17, 15) is 4.79 Å². The molecule has 0 aliphatic rings. The van der Waals surface area contributed by atoms with Crippen LogP contribution in [0.15, 0.2) is 17.4 Å². The molecule has 0 aromatic carbocycles. The Balaban J connectivity index is 3.06. The Kier molecular flexibility index (Phi) is 4.19. The highest BCUT2D eigenvalue weighted by Gasteiger charge is 2.18. The maximum absolute atomic E-state index is 11.4. The average molecular weight is 224 g/mol. The van der Waals surface area contributed by atoms with Crippen molar-refractivity contribution in [3.8, 4) is 0 Å². The van der Waals surface area contributed by atoms with Gasteiger partial charge in [-0.05, 0) is 13.0 Å². The van der Waals surface area contributed by atoms with Crippen LogP contribution in [-0.2, 0) is 14.4 Å². The Hall–Kier alpha value is -2.18. The lowest BCUT2D eigenvalue weighted by atomic mass is 10.3. The van der Waals surface area contributed by atoms with Gasteiger partial charge in [0.2, 0.25) is 5.71 Å². The molecule has 0 saturated carbocycles. The Morgan fingerprint density at radius 3 is 2.94 bits per heavy atom. The lowest BCUT2D eigenvalue weighted by molar-refractivity contribution is -0.132. The van der Waals surface area contributed by atoms with Crippen LogP contribution in [0.3, 0.4) is 0 Å². The summed E-state index contributed by atoms with van der Waals surface area (Å²) in [4.78, 5) is 23.9. The van der Waals surface area contributed by atoms with Gasteiger partial charge in [-0.1, -0.05) is 5.16 Å². The second-order valence-electron chi connectivity index (χ2n) is 2.65. The molecule has 86 valence electrons. The molecule has 0 unspecified atom stereocenters. The number of nitrogens with two attached hydrogens (primary N) is 1. The number of nitrogen functional groups attached to an aromatic ring is 1. The summed E-state index contributed by atoms with van der Waals surface area (Å²) in [7, 11) is 1.23. The predicted octanol–water partition coefficient (Wildman–Crippen LogP) is -0.0276. The van der Waals surface area contributed by atoms with Gasteiger partial charge < -0.3 is 15.3 Å². The first-order valence-electron chi connectivity index (χ1n) is 4.56. The smallest absolute Gasteiger partial charge is 0.364 e. The van der Waals surface area contributed by atoms with Crippen molar-refractivity contribution in [2.75, 3.05) is 19.5 Å². The zero-order valence-electron chi connectivity index (χ0n) is 9.01. The van der Waals surface area contributed by atoms with Crippen LogP contribution >= 0.6 is 0 Å². The van der Waals surface area contributed by atoms with Crippen LogP contribution in [0.2, 0.25) is 0 Å². The number of oxime groups is 1. The molecule has 7 nitrogen and oxygen atoms in total. The molecule has 16 heavy (non-hydrogen) atoms. The first-order chi connectivity index (χ1) is 7.69. The highest BCUT2D eigenvalue weighted by molar-refractivity contribution is 6.42. The van der Waals surface area contributed by atoms with Crippen molar-refractivity contribution < 1.29 is 14.4 Å². The van der Waals surface area contributed by atoms with Crippen molar-refractivity contribution in [2.24, 2.45) is 5.16 Å². The van der Waals surface area contributed by atoms with Gasteiger partial charge in [-0.15, -0.1) is 0 Å². The minimum atomic E-state index is -0.681. The maximum atomic E-state index is 11.4. The number of carbonyl (C=O) groups is 1. The molecular weight excluding hydrogens is 212 g/mol. The molecule has 0 spiro atoms. The third-order valence-corrected chi connectivity index (χ3v) is 1.55. The lowest BCUT2D eigenvalue weighted by Gasteiger charge is -2.03. The zero-order valence-corrected chi connectivity index (χ0v) is 9.01. The summed E-state index contributed by atoms with van der Waals surface area (Å²) >= 11 is 0. The van der Waals surface area contributed by atoms with Gasteiger partial charge >= 0.3 is 5.97 Å². The average Bonchev–Trinajstić information content (AvgIpc) is 2.29. The van der Waals surface area contributed by atoms with Gasteiger partial charge in [-0.25, -0.2) is 14.8 Å². The van der Waals surface area contributed by atoms with Crippen LogP contribution in [0.5, 0.6) is 0 Å². The van der Waals surface area contributed by atoms with E-state index in [1.165, 1.54) is 19.4 Å². The van der Waals surface area contributed by atoms with E-state index in [0.29, 0.717) is 6.61 Å². The number of anilines is 1. The number of rotatable bonds is 4. The quantitative estimate of drug-likeness (QED) is 0.438. The normalized spacial score (nSPS) is 11.0. The first-order valence-corrected chi connectivity index (χ1v) is 4.56. The number of carbonyl (C=O) groups excluding carboxylic acids is 1. The van der Waals surface area contributed by atoms with E-state index >= 15 is 0 Å². The molecule has 0 amide bonds. The first kappa shape index (κ1) is 11.9. The van der Waals surface area contributed by atoms with E-state index in [0.717, 1.165) is 0 Å². The molecule has 0 aliphatic carbocycles. The van der Waals surface area contributed by atoms with Gasteiger partial charge in [0.25, 0.3) is 0 Å². The van der Waals surface area contributed by atoms with Crippen LogP contribution in [0.1, 0.15) is 12.7 Å². The van der Waals surface area contributed by atoms with Gasteiger partial charge in [0.05, 0.1) is 7.11 Å². The molecule has 0 radical (unpaired) electrons. The Bertz CT molecular complexity index is 405. The summed E-state index contributed by atoms with van der Waals surface area (Å²) in [5, 5.41) is 3.59. The maximum Gasteiger partial charge on any atom is 0.364 e. The second kappa shape index (κ2) is 5.64. The van der Waals surface area contributed by atoms with Gasteiger partial charge in [0.15, 0.2) is 5.82 Å². The highest BCUT2D eigenvalue weighted by atomic mass is 16.6. The third-order valence-electron chi connectivity index (χ3n) is 1.55. The molecule has 0 atom stereocenters. The zero-order chi connectivity index (χ0) is 12.0. The van der Waals surface area contributed by atoms with Crippen molar-refractivity contribution in [1.29, 1.82) is 0 Å². The molecule has 0 fully saturated rings. The lowest BCUT2D eigenvalue weighted by Crippen LogP contribution is -2.21. The van der Waals surface area contributed by atoms with Crippen LogP contribution < -0.4 is 5.73 Å². The number of nitrogens with zero attached hydrogens (tertiary/aromatic N) is 3. The Morgan fingerprint density at radius 1 is 1.62 bits per heavy atom. The highest BCUT2D eigenvalue weighted by Crippen LogP contribution is 2.00. The standard InChI is InChI=1S/C9H12N4O3/c1-3-16-13-7(9(14)15-2)8-11-5-4-6(10)12-8/h4-5H,3H2,1-2H3,(H2,10,11,12). The van der Waals surface area contributed by atoms with E-state index in [1.807, 2.05) is 0 Å². The summed E-state index contributed by atoms with van der Waals surface area (Å²) in [5.74, 6) is -0.377. The molecule has 7 heteroatoms. The SMILES string of the molecule is CCON=C(C(=O)OC)c1nccc(N)n1.